The lowest BCUT2D eigenvalue weighted by atomic mass is 9.77. The number of hydrogen-bond donors (Lipinski definition) is 0. The molecule has 1 fully saturated rings. The molecule has 2 rings (SSSR count). The average Bonchev–Trinajstić information content (AvgIpc) is 2.84. The molecule has 0 aromatic rings. The van der Waals surface area contributed by atoms with Crippen LogP contribution in [-0.2, 0) is 9.59 Å². The zero-order valence-corrected chi connectivity index (χ0v) is 10.1. The van der Waals surface area contributed by atoms with Crippen molar-refractivity contribution in [1.29, 1.82) is 0 Å². The SMILES string of the molecule is CCCCC(=O)C1C2C=CC(C2)C1C(C)=O. The van der Waals surface area contributed by atoms with Gasteiger partial charge in [0.05, 0.1) is 0 Å². The Hall–Kier alpha value is -0.920. The molecule has 0 heterocycles. The summed E-state index contributed by atoms with van der Waals surface area (Å²) in [6, 6.07) is 0. The number of ketones is 2. The highest BCUT2D eigenvalue weighted by Crippen LogP contribution is 2.49. The van der Waals surface area contributed by atoms with Crippen molar-refractivity contribution in [2.75, 3.05) is 0 Å². The summed E-state index contributed by atoms with van der Waals surface area (Å²) < 4.78 is 0. The summed E-state index contributed by atoms with van der Waals surface area (Å²) in [5, 5.41) is 0. The van der Waals surface area contributed by atoms with E-state index < -0.39 is 0 Å². The topological polar surface area (TPSA) is 34.1 Å². The van der Waals surface area contributed by atoms with E-state index in [9.17, 15) is 9.59 Å². The molecule has 0 spiro atoms. The Morgan fingerprint density at radius 3 is 2.38 bits per heavy atom. The van der Waals surface area contributed by atoms with Gasteiger partial charge in [-0.25, -0.2) is 0 Å². The quantitative estimate of drug-likeness (QED) is 0.668. The minimum atomic E-state index is -0.0145. The number of carbonyl (C=O) groups is 2. The largest absolute Gasteiger partial charge is 0.300 e. The Morgan fingerprint density at radius 2 is 1.81 bits per heavy atom. The molecule has 16 heavy (non-hydrogen) atoms. The Kier molecular flexibility index (Phi) is 3.27. The highest BCUT2D eigenvalue weighted by Gasteiger charge is 2.49. The van der Waals surface area contributed by atoms with Crippen LogP contribution in [0.1, 0.15) is 39.5 Å². The molecular formula is C14H20O2. The van der Waals surface area contributed by atoms with Gasteiger partial charge in [-0.3, -0.25) is 9.59 Å². The van der Waals surface area contributed by atoms with E-state index in [2.05, 4.69) is 19.1 Å². The minimum absolute atomic E-state index is 0.000880. The summed E-state index contributed by atoms with van der Waals surface area (Å²) >= 11 is 0. The van der Waals surface area contributed by atoms with Gasteiger partial charge in [-0.1, -0.05) is 25.5 Å². The molecule has 0 saturated heterocycles. The second kappa shape index (κ2) is 4.52. The molecule has 2 heteroatoms. The van der Waals surface area contributed by atoms with E-state index in [4.69, 9.17) is 0 Å². The van der Waals surface area contributed by atoms with Crippen LogP contribution in [0.2, 0.25) is 0 Å². The van der Waals surface area contributed by atoms with Crippen LogP contribution in [-0.4, -0.2) is 11.6 Å². The molecule has 2 nitrogen and oxygen atoms in total. The Labute approximate surface area is 97.1 Å². The van der Waals surface area contributed by atoms with Crippen LogP contribution < -0.4 is 0 Å². The maximum absolute atomic E-state index is 12.1. The first-order valence-electron chi connectivity index (χ1n) is 6.36. The Bertz CT molecular complexity index is 330. The van der Waals surface area contributed by atoms with Gasteiger partial charge < -0.3 is 0 Å². The standard InChI is InChI=1S/C14H20O2/c1-3-4-5-12(16)14-11-7-6-10(8-11)13(14)9(2)15/h6-7,10-11,13-14H,3-5,8H2,1-2H3. The third-order valence-electron chi connectivity index (χ3n) is 4.08. The van der Waals surface area contributed by atoms with Crippen molar-refractivity contribution < 1.29 is 9.59 Å². The lowest BCUT2D eigenvalue weighted by molar-refractivity contribution is -0.131. The average molecular weight is 220 g/mol. The fourth-order valence-corrected chi connectivity index (χ4v) is 3.33. The van der Waals surface area contributed by atoms with Crippen molar-refractivity contribution in [3.05, 3.63) is 12.2 Å². The van der Waals surface area contributed by atoms with E-state index in [0.717, 1.165) is 19.3 Å². The van der Waals surface area contributed by atoms with E-state index in [1.54, 1.807) is 6.92 Å². The molecule has 4 atom stereocenters. The second-order valence-corrected chi connectivity index (χ2v) is 5.18. The summed E-state index contributed by atoms with van der Waals surface area (Å²) in [6.45, 7) is 3.73. The monoisotopic (exact) mass is 220 g/mol. The van der Waals surface area contributed by atoms with Crippen molar-refractivity contribution >= 4 is 11.6 Å². The number of fused-ring (bicyclic) bond motifs is 2. The minimum Gasteiger partial charge on any atom is -0.300 e. The van der Waals surface area contributed by atoms with E-state index >= 15 is 0 Å². The number of rotatable bonds is 5. The molecule has 0 aliphatic heterocycles. The first-order valence-corrected chi connectivity index (χ1v) is 6.36. The third kappa shape index (κ3) is 1.85. The van der Waals surface area contributed by atoms with Crippen LogP contribution >= 0.6 is 0 Å². The molecule has 0 aromatic carbocycles. The molecule has 2 aliphatic carbocycles. The lowest BCUT2D eigenvalue weighted by Gasteiger charge is -2.24. The molecule has 4 unspecified atom stereocenters. The summed E-state index contributed by atoms with van der Waals surface area (Å²) in [6.07, 6.45) is 7.97. The van der Waals surface area contributed by atoms with Gasteiger partial charge in [-0.15, -0.1) is 0 Å². The molecular weight excluding hydrogens is 200 g/mol. The first kappa shape index (κ1) is 11.6. The predicted molar refractivity (Wildman–Crippen MR) is 62.9 cm³/mol. The molecule has 0 radical (unpaired) electrons. The van der Waals surface area contributed by atoms with E-state index in [-0.39, 0.29) is 17.6 Å². The molecule has 0 amide bonds. The second-order valence-electron chi connectivity index (χ2n) is 5.18. The maximum Gasteiger partial charge on any atom is 0.137 e. The highest BCUT2D eigenvalue weighted by molar-refractivity contribution is 5.90. The molecule has 2 bridgehead atoms. The van der Waals surface area contributed by atoms with E-state index in [0.29, 0.717) is 24.0 Å². The van der Waals surface area contributed by atoms with Gasteiger partial charge in [-0.2, -0.15) is 0 Å². The van der Waals surface area contributed by atoms with Crippen LogP contribution in [0, 0.1) is 23.7 Å². The Balaban J connectivity index is 2.10. The van der Waals surface area contributed by atoms with Gasteiger partial charge in [-0.05, 0) is 31.6 Å². The normalized spacial score (nSPS) is 35.6. The van der Waals surface area contributed by atoms with Gasteiger partial charge >= 0.3 is 0 Å². The molecule has 2 aliphatic rings. The molecule has 0 N–H and O–H groups in total. The number of hydrogen-bond acceptors (Lipinski definition) is 2. The predicted octanol–water partition coefficient (Wildman–Crippen LogP) is 2.77. The van der Waals surface area contributed by atoms with Crippen LogP contribution in [0.25, 0.3) is 0 Å². The lowest BCUT2D eigenvalue weighted by Crippen LogP contribution is -2.31. The van der Waals surface area contributed by atoms with Gasteiger partial charge in [0, 0.05) is 18.3 Å². The van der Waals surface area contributed by atoms with Crippen molar-refractivity contribution in [3.8, 4) is 0 Å². The van der Waals surface area contributed by atoms with Crippen LogP contribution in [0.3, 0.4) is 0 Å². The van der Waals surface area contributed by atoms with Crippen LogP contribution in [0.4, 0.5) is 0 Å². The maximum atomic E-state index is 12.1. The summed E-state index contributed by atoms with van der Waals surface area (Å²) in [5.74, 6) is 1.20. The van der Waals surface area contributed by atoms with Crippen molar-refractivity contribution in [2.24, 2.45) is 23.7 Å². The van der Waals surface area contributed by atoms with Crippen molar-refractivity contribution in [1.82, 2.24) is 0 Å². The summed E-state index contributed by atoms with van der Waals surface area (Å²) in [4.78, 5) is 23.8. The number of allylic oxidation sites excluding steroid dienone is 2. The van der Waals surface area contributed by atoms with Crippen LogP contribution in [0.5, 0.6) is 0 Å². The van der Waals surface area contributed by atoms with Crippen molar-refractivity contribution in [2.45, 2.75) is 39.5 Å². The number of unbranched alkanes of at least 4 members (excludes halogenated alkanes) is 1. The van der Waals surface area contributed by atoms with Gasteiger partial charge in [0.1, 0.15) is 11.6 Å². The Morgan fingerprint density at radius 1 is 1.19 bits per heavy atom. The third-order valence-corrected chi connectivity index (χ3v) is 4.08. The number of Topliss-reactive ketones (excluding diaryl/α,β-unsaturated/α-hetero) is 2. The van der Waals surface area contributed by atoms with Crippen LogP contribution in [0.15, 0.2) is 12.2 Å². The summed E-state index contributed by atoms with van der Waals surface area (Å²) in [5.41, 5.74) is 0. The first-order chi connectivity index (χ1) is 7.65. The van der Waals surface area contributed by atoms with E-state index in [1.165, 1.54) is 0 Å². The van der Waals surface area contributed by atoms with Gasteiger partial charge in [0.15, 0.2) is 0 Å². The molecule has 88 valence electrons. The van der Waals surface area contributed by atoms with Gasteiger partial charge in [0.2, 0.25) is 0 Å². The molecule has 1 saturated carbocycles. The zero-order chi connectivity index (χ0) is 11.7. The fourth-order valence-electron chi connectivity index (χ4n) is 3.33. The van der Waals surface area contributed by atoms with Gasteiger partial charge in [0.25, 0.3) is 0 Å². The number of carbonyl (C=O) groups excluding carboxylic acids is 2. The molecule has 0 aromatic heterocycles. The van der Waals surface area contributed by atoms with Crippen molar-refractivity contribution in [3.63, 3.8) is 0 Å². The van der Waals surface area contributed by atoms with E-state index in [1.807, 2.05) is 0 Å². The fraction of sp³-hybridized carbons (Fsp3) is 0.714. The highest BCUT2D eigenvalue weighted by atomic mass is 16.1. The summed E-state index contributed by atoms with van der Waals surface area (Å²) in [7, 11) is 0. The smallest absolute Gasteiger partial charge is 0.137 e. The zero-order valence-electron chi connectivity index (χ0n) is 10.1.